The first-order chi connectivity index (χ1) is 9.18. The van der Waals surface area contributed by atoms with Crippen molar-refractivity contribution in [3.8, 4) is 0 Å². The van der Waals surface area contributed by atoms with Crippen LogP contribution in [0.25, 0.3) is 0 Å². The minimum atomic E-state index is -0.127. The summed E-state index contributed by atoms with van der Waals surface area (Å²) in [5, 5.41) is 3.58. The molecule has 2 fully saturated rings. The van der Waals surface area contributed by atoms with E-state index < -0.39 is 0 Å². The molecule has 104 valence electrons. The van der Waals surface area contributed by atoms with Crippen LogP contribution in [-0.2, 0) is 5.41 Å². The van der Waals surface area contributed by atoms with Crippen LogP contribution in [0.5, 0.6) is 0 Å². The molecule has 0 radical (unpaired) electrons. The maximum absolute atomic E-state index is 13.1. The van der Waals surface area contributed by atoms with Crippen molar-refractivity contribution in [3.05, 3.63) is 35.6 Å². The molecule has 1 N–H and O–H groups in total. The van der Waals surface area contributed by atoms with Gasteiger partial charge in [-0.05, 0) is 61.8 Å². The van der Waals surface area contributed by atoms with Gasteiger partial charge in [-0.1, -0.05) is 25.5 Å². The molecule has 1 aromatic rings. The van der Waals surface area contributed by atoms with Gasteiger partial charge >= 0.3 is 0 Å². The third-order valence-electron chi connectivity index (χ3n) is 5.19. The van der Waals surface area contributed by atoms with Crippen LogP contribution in [0, 0.1) is 11.2 Å². The van der Waals surface area contributed by atoms with Crippen LogP contribution in [0.15, 0.2) is 24.3 Å². The van der Waals surface area contributed by atoms with Gasteiger partial charge in [-0.15, -0.1) is 0 Å². The van der Waals surface area contributed by atoms with Gasteiger partial charge in [0.2, 0.25) is 0 Å². The largest absolute Gasteiger partial charge is 0.316 e. The zero-order valence-corrected chi connectivity index (χ0v) is 11.8. The second kappa shape index (κ2) is 4.90. The molecule has 19 heavy (non-hydrogen) atoms. The van der Waals surface area contributed by atoms with Crippen molar-refractivity contribution in [1.29, 1.82) is 0 Å². The number of nitrogens with one attached hydrogen (secondary N) is 1. The Balaban J connectivity index is 1.75. The minimum absolute atomic E-state index is 0.127. The first-order valence-corrected chi connectivity index (χ1v) is 7.65. The van der Waals surface area contributed by atoms with Gasteiger partial charge < -0.3 is 5.32 Å². The Labute approximate surface area is 115 Å². The molecule has 3 rings (SSSR count). The first-order valence-electron chi connectivity index (χ1n) is 7.65. The van der Waals surface area contributed by atoms with E-state index in [2.05, 4.69) is 12.2 Å². The number of hydrogen-bond donors (Lipinski definition) is 1. The molecule has 2 saturated carbocycles. The minimum Gasteiger partial charge on any atom is -0.316 e. The van der Waals surface area contributed by atoms with Crippen molar-refractivity contribution in [3.63, 3.8) is 0 Å². The third-order valence-corrected chi connectivity index (χ3v) is 5.19. The molecule has 0 heterocycles. The molecular formula is C17H24FN. The molecule has 1 spiro atoms. The highest BCUT2D eigenvalue weighted by Gasteiger charge is 2.57. The lowest BCUT2D eigenvalue weighted by atomic mass is 9.43. The lowest BCUT2D eigenvalue weighted by Gasteiger charge is -2.61. The molecule has 0 aromatic heterocycles. The Morgan fingerprint density at radius 3 is 2.37 bits per heavy atom. The SMILES string of the molecule is CCCNCC1(c2ccc(F)cc2)CC2(CCC2)C1. The van der Waals surface area contributed by atoms with Crippen molar-refractivity contribution in [2.75, 3.05) is 13.1 Å². The number of halogens is 1. The van der Waals surface area contributed by atoms with E-state index in [1.807, 2.05) is 12.1 Å². The van der Waals surface area contributed by atoms with Crippen LogP contribution < -0.4 is 5.32 Å². The molecule has 2 aliphatic rings. The van der Waals surface area contributed by atoms with Crippen LogP contribution in [0.3, 0.4) is 0 Å². The summed E-state index contributed by atoms with van der Waals surface area (Å²) in [4.78, 5) is 0. The monoisotopic (exact) mass is 261 g/mol. The second-order valence-electron chi connectivity index (χ2n) is 6.67. The molecule has 0 unspecified atom stereocenters. The summed E-state index contributed by atoms with van der Waals surface area (Å²) in [6.07, 6.45) is 7.98. The van der Waals surface area contributed by atoms with Crippen molar-refractivity contribution < 1.29 is 4.39 Å². The van der Waals surface area contributed by atoms with E-state index in [1.165, 1.54) is 44.1 Å². The van der Waals surface area contributed by atoms with Crippen molar-refractivity contribution in [2.45, 2.75) is 50.9 Å². The van der Waals surface area contributed by atoms with E-state index in [4.69, 9.17) is 0 Å². The topological polar surface area (TPSA) is 12.0 Å². The number of rotatable bonds is 5. The fourth-order valence-corrected chi connectivity index (χ4v) is 4.15. The predicted octanol–water partition coefficient (Wildman–Crippen LogP) is 4.03. The fourth-order valence-electron chi connectivity index (χ4n) is 4.15. The van der Waals surface area contributed by atoms with Crippen molar-refractivity contribution in [1.82, 2.24) is 5.32 Å². The Morgan fingerprint density at radius 2 is 1.84 bits per heavy atom. The van der Waals surface area contributed by atoms with E-state index in [0.717, 1.165) is 13.1 Å². The second-order valence-corrected chi connectivity index (χ2v) is 6.67. The third kappa shape index (κ3) is 2.31. The normalized spacial score (nSPS) is 22.8. The van der Waals surface area contributed by atoms with E-state index in [-0.39, 0.29) is 11.2 Å². The van der Waals surface area contributed by atoms with Gasteiger partial charge in [0.05, 0.1) is 0 Å². The van der Waals surface area contributed by atoms with Gasteiger partial charge in [0.15, 0.2) is 0 Å². The van der Waals surface area contributed by atoms with Gasteiger partial charge in [-0.25, -0.2) is 4.39 Å². The molecule has 2 heteroatoms. The highest BCUT2D eigenvalue weighted by Crippen LogP contribution is 2.64. The van der Waals surface area contributed by atoms with Crippen LogP contribution in [-0.4, -0.2) is 13.1 Å². The maximum atomic E-state index is 13.1. The summed E-state index contributed by atoms with van der Waals surface area (Å²) in [6.45, 7) is 4.33. The number of hydrogen-bond acceptors (Lipinski definition) is 1. The predicted molar refractivity (Wildman–Crippen MR) is 76.8 cm³/mol. The van der Waals surface area contributed by atoms with Crippen molar-refractivity contribution in [2.24, 2.45) is 5.41 Å². The zero-order valence-electron chi connectivity index (χ0n) is 11.8. The molecule has 2 aliphatic carbocycles. The maximum Gasteiger partial charge on any atom is 0.123 e. The molecule has 1 aromatic carbocycles. The van der Waals surface area contributed by atoms with Crippen LogP contribution >= 0.6 is 0 Å². The van der Waals surface area contributed by atoms with Crippen molar-refractivity contribution >= 4 is 0 Å². The average Bonchev–Trinajstić information content (AvgIpc) is 2.31. The van der Waals surface area contributed by atoms with Crippen LogP contribution in [0.2, 0.25) is 0 Å². The zero-order chi connectivity index (χ0) is 13.3. The molecule has 0 amide bonds. The smallest absolute Gasteiger partial charge is 0.123 e. The highest BCUT2D eigenvalue weighted by molar-refractivity contribution is 5.32. The van der Waals surface area contributed by atoms with Crippen LogP contribution in [0.4, 0.5) is 4.39 Å². The average molecular weight is 261 g/mol. The Bertz CT molecular complexity index is 425. The Kier molecular flexibility index (Phi) is 3.38. The molecular weight excluding hydrogens is 237 g/mol. The lowest BCUT2D eigenvalue weighted by molar-refractivity contribution is -0.0482. The molecule has 0 aliphatic heterocycles. The quantitative estimate of drug-likeness (QED) is 0.789. The summed E-state index contributed by atoms with van der Waals surface area (Å²) < 4.78 is 13.1. The Morgan fingerprint density at radius 1 is 1.16 bits per heavy atom. The summed E-state index contributed by atoms with van der Waals surface area (Å²) >= 11 is 0. The van der Waals surface area contributed by atoms with Gasteiger partial charge in [0.25, 0.3) is 0 Å². The van der Waals surface area contributed by atoms with Gasteiger partial charge in [0.1, 0.15) is 5.82 Å². The van der Waals surface area contributed by atoms with Crippen LogP contribution in [0.1, 0.15) is 51.0 Å². The summed E-state index contributed by atoms with van der Waals surface area (Å²) in [6, 6.07) is 7.22. The highest BCUT2D eigenvalue weighted by atomic mass is 19.1. The van der Waals surface area contributed by atoms with Gasteiger partial charge in [-0.3, -0.25) is 0 Å². The molecule has 0 bridgehead atoms. The standard InChI is InChI=1S/C17H24FN/c1-2-10-19-13-17(11-16(12-17)8-3-9-16)14-4-6-15(18)7-5-14/h4-7,19H,2-3,8-13H2,1H3. The van der Waals surface area contributed by atoms with Gasteiger partial charge in [-0.2, -0.15) is 0 Å². The summed E-state index contributed by atoms with van der Waals surface area (Å²) in [7, 11) is 0. The van der Waals surface area contributed by atoms with Gasteiger partial charge in [0, 0.05) is 12.0 Å². The molecule has 0 saturated heterocycles. The van der Waals surface area contributed by atoms with E-state index >= 15 is 0 Å². The summed E-state index contributed by atoms with van der Waals surface area (Å²) in [5.74, 6) is -0.127. The van der Waals surface area contributed by atoms with E-state index in [0.29, 0.717) is 5.41 Å². The van der Waals surface area contributed by atoms with E-state index in [9.17, 15) is 4.39 Å². The fraction of sp³-hybridized carbons (Fsp3) is 0.647. The Hall–Kier alpha value is -0.890. The summed E-state index contributed by atoms with van der Waals surface area (Å²) in [5.41, 5.74) is 2.24. The molecule has 1 nitrogen and oxygen atoms in total. The first kappa shape index (κ1) is 13.1. The lowest BCUT2D eigenvalue weighted by Crippen LogP contribution is -2.57. The number of benzene rings is 1. The molecule has 0 atom stereocenters. The van der Waals surface area contributed by atoms with E-state index in [1.54, 1.807) is 12.1 Å².